The monoisotopic (exact) mass is 379 g/mol. The van der Waals surface area contributed by atoms with E-state index >= 15 is 0 Å². The number of carbonyl (C=O) groups excluding carboxylic acids is 2. The Balaban J connectivity index is 1.97. The Bertz CT molecular complexity index is 822. The van der Waals surface area contributed by atoms with Gasteiger partial charge in [0.2, 0.25) is 5.91 Å². The largest absolute Gasteiger partial charge is 0.324 e. The van der Waals surface area contributed by atoms with Gasteiger partial charge < -0.3 is 10.2 Å². The average molecular weight is 380 g/mol. The van der Waals surface area contributed by atoms with Gasteiger partial charge in [-0.15, -0.1) is 0 Å². The maximum absolute atomic E-state index is 13.6. The summed E-state index contributed by atoms with van der Waals surface area (Å²) in [4.78, 5) is 32.8. The molecule has 2 aromatic rings. The number of para-hydroxylation sites is 1. The van der Waals surface area contributed by atoms with Crippen LogP contribution in [0, 0.1) is 13.8 Å². The van der Waals surface area contributed by atoms with Gasteiger partial charge in [0.15, 0.2) is 0 Å². The lowest BCUT2D eigenvalue weighted by Crippen LogP contribution is -2.60. The van der Waals surface area contributed by atoms with Crippen LogP contribution >= 0.6 is 0 Å². The highest BCUT2D eigenvalue weighted by Gasteiger charge is 2.47. The van der Waals surface area contributed by atoms with E-state index in [1.165, 1.54) is 0 Å². The molecule has 148 valence electrons. The maximum atomic E-state index is 13.6. The Labute approximate surface area is 167 Å². The van der Waals surface area contributed by atoms with E-state index in [4.69, 9.17) is 0 Å². The first-order chi connectivity index (χ1) is 13.5. The second kappa shape index (κ2) is 8.55. The van der Waals surface area contributed by atoms with Crippen molar-refractivity contribution in [3.63, 3.8) is 0 Å². The minimum atomic E-state index is -0.837. The number of nitrogens with zero attached hydrogens (tertiary/aromatic N) is 2. The molecule has 0 radical (unpaired) electrons. The summed E-state index contributed by atoms with van der Waals surface area (Å²) in [5.74, 6) is -0.266. The summed E-state index contributed by atoms with van der Waals surface area (Å²) in [6.45, 7) is 6.39. The molecule has 1 aromatic heterocycles. The summed E-state index contributed by atoms with van der Waals surface area (Å²) >= 11 is 0. The molecule has 5 nitrogen and oxygen atoms in total. The van der Waals surface area contributed by atoms with E-state index in [1.54, 1.807) is 29.3 Å². The van der Waals surface area contributed by atoms with Crippen LogP contribution in [0.25, 0.3) is 0 Å². The molecular formula is C23H29N3O2. The number of anilines is 1. The molecule has 1 aliphatic carbocycles. The summed E-state index contributed by atoms with van der Waals surface area (Å²) in [7, 11) is 0. The third-order valence-corrected chi connectivity index (χ3v) is 5.79. The molecule has 0 bridgehead atoms. The highest BCUT2D eigenvalue weighted by atomic mass is 16.2. The molecule has 28 heavy (non-hydrogen) atoms. The van der Waals surface area contributed by atoms with Crippen molar-refractivity contribution in [2.24, 2.45) is 0 Å². The standard InChI is InChI=1S/C23H29N3O2/c1-4-26(21(27)19-13-6-9-16-24-19)23(14-7-5-8-15-23)22(28)25-20-17(2)11-10-12-18(20)3/h6,9-13,16H,4-5,7-8,14-15H2,1-3H3,(H,25,28). The Morgan fingerprint density at radius 2 is 1.71 bits per heavy atom. The fourth-order valence-corrected chi connectivity index (χ4v) is 4.27. The molecule has 1 heterocycles. The van der Waals surface area contributed by atoms with Gasteiger partial charge >= 0.3 is 0 Å². The number of likely N-dealkylation sites (N-methyl/N-ethyl adjacent to an activating group) is 1. The Morgan fingerprint density at radius 1 is 1.04 bits per heavy atom. The van der Waals surface area contributed by atoms with Crippen LogP contribution in [0.1, 0.15) is 60.6 Å². The number of nitrogens with one attached hydrogen (secondary N) is 1. The normalized spacial score (nSPS) is 15.7. The van der Waals surface area contributed by atoms with Crippen LogP contribution < -0.4 is 5.32 Å². The van der Waals surface area contributed by atoms with Crippen molar-refractivity contribution in [3.05, 3.63) is 59.4 Å². The first-order valence-corrected chi connectivity index (χ1v) is 10.1. The number of pyridine rings is 1. The lowest BCUT2D eigenvalue weighted by molar-refractivity contribution is -0.128. The lowest BCUT2D eigenvalue weighted by atomic mass is 9.79. The van der Waals surface area contributed by atoms with Gasteiger partial charge in [-0.05, 0) is 56.9 Å². The van der Waals surface area contributed by atoms with Crippen molar-refractivity contribution in [1.82, 2.24) is 9.88 Å². The fourth-order valence-electron chi connectivity index (χ4n) is 4.27. The van der Waals surface area contributed by atoms with Gasteiger partial charge in [0.05, 0.1) is 0 Å². The topological polar surface area (TPSA) is 62.3 Å². The summed E-state index contributed by atoms with van der Waals surface area (Å²) in [5, 5.41) is 3.16. The fraction of sp³-hybridized carbons (Fsp3) is 0.435. The molecule has 2 amide bonds. The van der Waals surface area contributed by atoms with Crippen LogP contribution in [-0.2, 0) is 4.79 Å². The number of hydrogen-bond acceptors (Lipinski definition) is 3. The van der Waals surface area contributed by atoms with Crippen molar-refractivity contribution in [3.8, 4) is 0 Å². The van der Waals surface area contributed by atoms with Crippen molar-refractivity contribution >= 4 is 17.5 Å². The van der Waals surface area contributed by atoms with E-state index in [-0.39, 0.29) is 11.8 Å². The van der Waals surface area contributed by atoms with E-state index < -0.39 is 5.54 Å². The van der Waals surface area contributed by atoms with Crippen molar-refractivity contribution in [2.45, 2.75) is 58.4 Å². The molecule has 0 saturated heterocycles. The van der Waals surface area contributed by atoms with Gasteiger partial charge in [-0.1, -0.05) is 43.5 Å². The van der Waals surface area contributed by atoms with E-state index in [0.29, 0.717) is 25.1 Å². The second-order valence-corrected chi connectivity index (χ2v) is 7.58. The molecule has 0 unspecified atom stereocenters. The zero-order chi connectivity index (χ0) is 20.1. The van der Waals surface area contributed by atoms with Gasteiger partial charge in [0.1, 0.15) is 11.2 Å². The van der Waals surface area contributed by atoms with Gasteiger partial charge in [-0.25, -0.2) is 0 Å². The first kappa shape index (κ1) is 20.1. The Kier molecular flexibility index (Phi) is 6.12. The number of carbonyl (C=O) groups is 2. The predicted octanol–water partition coefficient (Wildman–Crippen LogP) is 4.50. The summed E-state index contributed by atoms with van der Waals surface area (Å²) in [5.41, 5.74) is 2.45. The number of aromatic nitrogens is 1. The van der Waals surface area contributed by atoms with Crippen LogP contribution in [0.4, 0.5) is 5.69 Å². The third kappa shape index (κ3) is 3.79. The highest BCUT2D eigenvalue weighted by molar-refractivity contribution is 6.03. The quantitative estimate of drug-likeness (QED) is 0.832. The van der Waals surface area contributed by atoms with E-state index in [9.17, 15) is 9.59 Å². The summed E-state index contributed by atoms with van der Waals surface area (Å²) in [6.07, 6.45) is 5.93. The smallest absolute Gasteiger partial charge is 0.273 e. The molecule has 1 fully saturated rings. The van der Waals surface area contributed by atoms with Crippen LogP contribution in [0.5, 0.6) is 0 Å². The Hall–Kier alpha value is -2.69. The van der Waals surface area contributed by atoms with Crippen molar-refractivity contribution in [2.75, 3.05) is 11.9 Å². The first-order valence-electron chi connectivity index (χ1n) is 10.1. The minimum absolute atomic E-state index is 0.0873. The van der Waals surface area contributed by atoms with Crippen LogP contribution in [0.2, 0.25) is 0 Å². The third-order valence-electron chi connectivity index (χ3n) is 5.79. The molecule has 1 aromatic carbocycles. The molecule has 1 N–H and O–H groups in total. The van der Waals surface area contributed by atoms with Crippen LogP contribution in [0.3, 0.4) is 0 Å². The van der Waals surface area contributed by atoms with Gasteiger partial charge in [0, 0.05) is 18.4 Å². The number of hydrogen-bond donors (Lipinski definition) is 1. The minimum Gasteiger partial charge on any atom is -0.324 e. The summed E-state index contributed by atoms with van der Waals surface area (Å²) in [6, 6.07) is 11.3. The van der Waals surface area contributed by atoms with E-state index in [0.717, 1.165) is 36.1 Å². The SMILES string of the molecule is CCN(C(=O)c1ccccn1)C1(C(=O)Nc2c(C)cccc2C)CCCCC1. The number of amides is 2. The second-order valence-electron chi connectivity index (χ2n) is 7.58. The molecular weight excluding hydrogens is 350 g/mol. The zero-order valence-electron chi connectivity index (χ0n) is 17.0. The number of benzene rings is 1. The van der Waals surface area contributed by atoms with Crippen LogP contribution in [-0.4, -0.2) is 33.8 Å². The molecule has 5 heteroatoms. The van der Waals surface area contributed by atoms with Crippen LogP contribution in [0.15, 0.2) is 42.6 Å². The van der Waals surface area contributed by atoms with E-state index in [2.05, 4.69) is 10.3 Å². The number of rotatable bonds is 5. The van der Waals surface area contributed by atoms with E-state index in [1.807, 2.05) is 39.0 Å². The highest BCUT2D eigenvalue weighted by Crippen LogP contribution is 2.36. The van der Waals surface area contributed by atoms with Crippen molar-refractivity contribution in [1.29, 1.82) is 0 Å². The predicted molar refractivity (Wildman–Crippen MR) is 111 cm³/mol. The Morgan fingerprint density at radius 3 is 2.29 bits per heavy atom. The molecule has 0 aliphatic heterocycles. The lowest BCUT2D eigenvalue weighted by Gasteiger charge is -2.44. The van der Waals surface area contributed by atoms with Gasteiger partial charge in [0.25, 0.3) is 5.91 Å². The molecule has 0 atom stereocenters. The zero-order valence-corrected chi connectivity index (χ0v) is 17.0. The average Bonchev–Trinajstić information content (AvgIpc) is 2.72. The maximum Gasteiger partial charge on any atom is 0.273 e. The van der Waals surface area contributed by atoms with Crippen molar-refractivity contribution < 1.29 is 9.59 Å². The van der Waals surface area contributed by atoms with Gasteiger partial charge in [-0.3, -0.25) is 14.6 Å². The molecule has 0 spiro atoms. The molecule has 3 rings (SSSR count). The summed E-state index contributed by atoms with van der Waals surface area (Å²) < 4.78 is 0. The molecule has 1 saturated carbocycles. The number of aryl methyl sites for hydroxylation is 2. The van der Waals surface area contributed by atoms with Gasteiger partial charge in [-0.2, -0.15) is 0 Å². The molecule has 1 aliphatic rings.